The zero-order valence-corrected chi connectivity index (χ0v) is 13.3. The van der Waals surface area contributed by atoms with Crippen LogP contribution in [0, 0.1) is 0 Å². The fraction of sp³-hybridized carbons (Fsp3) is 0.500. The molecule has 2 unspecified atom stereocenters. The Morgan fingerprint density at radius 3 is 2.88 bits per heavy atom. The maximum Gasteiger partial charge on any atom is 0.321 e. The van der Waals surface area contributed by atoms with E-state index in [1.807, 2.05) is 18.2 Å². The molecule has 0 saturated carbocycles. The van der Waals surface area contributed by atoms with Crippen molar-refractivity contribution in [3.63, 3.8) is 0 Å². The number of hydrogen-bond acceptors (Lipinski definition) is 6. The predicted molar refractivity (Wildman–Crippen MR) is 85.5 cm³/mol. The van der Waals surface area contributed by atoms with Crippen LogP contribution in [-0.2, 0) is 25.7 Å². The Bertz CT molecular complexity index is 579. The zero-order valence-electron chi connectivity index (χ0n) is 13.3. The molecule has 0 amide bonds. The molecule has 0 bridgehead atoms. The number of hydrogen-bond donors (Lipinski definition) is 3. The average molecular weight is 338 g/mol. The lowest BCUT2D eigenvalue weighted by Crippen LogP contribution is -2.52. The molecule has 1 aromatic carbocycles. The number of nitrogens with zero attached hydrogens (tertiary/aromatic N) is 1. The van der Waals surface area contributed by atoms with Gasteiger partial charge in [0.15, 0.2) is 0 Å². The molecule has 24 heavy (non-hydrogen) atoms. The summed E-state index contributed by atoms with van der Waals surface area (Å²) >= 11 is 0. The molecule has 1 aromatic rings. The molecule has 0 aliphatic carbocycles. The van der Waals surface area contributed by atoms with Gasteiger partial charge in [0.25, 0.3) is 0 Å². The monoisotopic (exact) mass is 338 g/mol. The van der Waals surface area contributed by atoms with E-state index < -0.39 is 24.4 Å². The van der Waals surface area contributed by atoms with E-state index in [9.17, 15) is 14.7 Å². The minimum Gasteiger partial charge on any atom is -0.481 e. The SMILES string of the molecule is Nc1cccc(COCC2CN(C(CC(=O)O)C(=O)O)CCO2)c1. The van der Waals surface area contributed by atoms with Gasteiger partial charge in [-0.25, -0.2) is 0 Å². The third-order valence-electron chi connectivity index (χ3n) is 3.79. The minimum atomic E-state index is -1.14. The molecule has 1 aliphatic heterocycles. The topological polar surface area (TPSA) is 122 Å². The van der Waals surface area contributed by atoms with Gasteiger partial charge in [-0.1, -0.05) is 12.1 Å². The molecule has 8 nitrogen and oxygen atoms in total. The maximum absolute atomic E-state index is 11.3. The lowest BCUT2D eigenvalue weighted by atomic mass is 10.1. The van der Waals surface area contributed by atoms with Crippen LogP contribution in [0.5, 0.6) is 0 Å². The second-order valence-electron chi connectivity index (χ2n) is 5.70. The average Bonchev–Trinajstić information content (AvgIpc) is 2.52. The van der Waals surface area contributed by atoms with E-state index >= 15 is 0 Å². The van der Waals surface area contributed by atoms with Crippen molar-refractivity contribution >= 4 is 17.6 Å². The highest BCUT2D eigenvalue weighted by molar-refractivity contribution is 5.80. The number of nitrogen functional groups attached to an aromatic ring is 1. The van der Waals surface area contributed by atoms with Gasteiger partial charge in [-0.2, -0.15) is 0 Å². The van der Waals surface area contributed by atoms with E-state index in [-0.39, 0.29) is 6.10 Å². The Kier molecular flexibility index (Phi) is 6.53. The first-order valence-electron chi connectivity index (χ1n) is 7.68. The number of morpholine rings is 1. The van der Waals surface area contributed by atoms with E-state index in [1.54, 1.807) is 11.0 Å². The second kappa shape index (κ2) is 8.62. The first-order valence-corrected chi connectivity index (χ1v) is 7.68. The van der Waals surface area contributed by atoms with Crippen LogP contribution in [0.25, 0.3) is 0 Å². The molecule has 4 N–H and O–H groups in total. The van der Waals surface area contributed by atoms with Gasteiger partial charge in [0, 0.05) is 18.8 Å². The highest BCUT2D eigenvalue weighted by atomic mass is 16.5. The van der Waals surface area contributed by atoms with Gasteiger partial charge in [0.05, 0.1) is 32.3 Å². The van der Waals surface area contributed by atoms with Crippen molar-refractivity contribution in [3.8, 4) is 0 Å². The summed E-state index contributed by atoms with van der Waals surface area (Å²) < 4.78 is 11.2. The Morgan fingerprint density at radius 1 is 1.42 bits per heavy atom. The number of anilines is 1. The highest BCUT2D eigenvalue weighted by Gasteiger charge is 2.32. The molecule has 8 heteroatoms. The van der Waals surface area contributed by atoms with Crippen molar-refractivity contribution in [2.45, 2.75) is 25.2 Å². The lowest BCUT2D eigenvalue weighted by molar-refractivity contribution is -0.154. The number of carboxylic acid groups (broad SMARTS) is 2. The molecule has 1 aliphatic rings. The zero-order chi connectivity index (χ0) is 17.5. The summed E-state index contributed by atoms with van der Waals surface area (Å²) in [4.78, 5) is 23.7. The molecule has 1 fully saturated rings. The Hall–Kier alpha value is -2.16. The van der Waals surface area contributed by atoms with Gasteiger partial charge in [-0.05, 0) is 17.7 Å². The maximum atomic E-state index is 11.3. The third kappa shape index (κ3) is 5.48. The van der Waals surface area contributed by atoms with Crippen LogP contribution in [0.4, 0.5) is 5.69 Å². The van der Waals surface area contributed by atoms with Crippen molar-refractivity contribution in [1.29, 1.82) is 0 Å². The highest BCUT2D eigenvalue weighted by Crippen LogP contribution is 2.14. The molecular formula is C16H22N2O6. The van der Waals surface area contributed by atoms with E-state index in [4.69, 9.17) is 20.3 Å². The number of nitrogens with two attached hydrogens (primary N) is 1. The van der Waals surface area contributed by atoms with Crippen LogP contribution in [0.1, 0.15) is 12.0 Å². The van der Waals surface area contributed by atoms with Crippen LogP contribution in [0.3, 0.4) is 0 Å². The van der Waals surface area contributed by atoms with Gasteiger partial charge in [-0.15, -0.1) is 0 Å². The Balaban J connectivity index is 1.83. The van der Waals surface area contributed by atoms with Gasteiger partial charge < -0.3 is 25.4 Å². The number of ether oxygens (including phenoxy) is 2. The molecule has 0 radical (unpaired) electrons. The predicted octanol–water partition coefficient (Wildman–Crippen LogP) is 0.414. The number of aliphatic carboxylic acids is 2. The largest absolute Gasteiger partial charge is 0.481 e. The second-order valence-corrected chi connectivity index (χ2v) is 5.70. The van der Waals surface area contributed by atoms with Crippen LogP contribution in [-0.4, -0.2) is 65.5 Å². The summed E-state index contributed by atoms with van der Waals surface area (Å²) in [6.45, 7) is 1.72. The van der Waals surface area contributed by atoms with E-state index in [0.29, 0.717) is 38.6 Å². The standard InChI is InChI=1S/C16H22N2O6/c17-12-3-1-2-11(6-12)9-23-10-13-8-18(4-5-24-13)14(16(21)22)7-15(19)20/h1-3,6,13-14H,4-5,7-10,17H2,(H,19,20)(H,21,22). The van der Waals surface area contributed by atoms with Gasteiger partial charge in [0.1, 0.15) is 6.04 Å². The smallest absolute Gasteiger partial charge is 0.321 e. The Labute approximate surface area is 139 Å². The summed E-state index contributed by atoms with van der Waals surface area (Å²) in [6.07, 6.45) is -0.734. The normalized spacial score (nSPS) is 19.8. The first kappa shape index (κ1) is 18.2. The van der Waals surface area contributed by atoms with E-state index in [0.717, 1.165) is 5.56 Å². The van der Waals surface area contributed by atoms with Crippen molar-refractivity contribution in [3.05, 3.63) is 29.8 Å². The van der Waals surface area contributed by atoms with Crippen molar-refractivity contribution in [2.24, 2.45) is 0 Å². The summed E-state index contributed by atoms with van der Waals surface area (Å²) in [6, 6.07) is 6.30. The number of carbonyl (C=O) groups is 2. The van der Waals surface area contributed by atoms with Crippen LogP contribution < -0.4 is 5.73 Å². The molecule has 132 valence electrons. The molecule has 1 saturated heterocycles. The lowest BCUT2D eigenvalue weighted by Gasteiger charge is -2.35. The quantitative estimate of drug-likeness (QED) is 0.583. The summed E-state index contributed by atoms with van der Waals surface area (Å²) in [5.41, 5.74) is 7.31. The fourth-order valence-electron chi connectivity index (χ4n) is 2.66. The summed E-state index contributed by atoms with van der Waals surface area (Å²) in [5, 5.41) is 18.1. The van der Waals surface area contributed by atoms with Crippen molar-refractivity contribution < 1.29 is 29.3 Å². The number of benzene rings is 1. The molecule has 2 rings (SSSR count). The summed E-state index contributed by atoms with van der Waals surface area (Å²) in [7, 11) is 0. The van der Waals surface area contributed by atoms with E-state index in [2.05, 4.69) is 0 Å². The molecular weight excluding hydrogens is 316 g/mol. The first-order chi connectivity index (χ1) is 11.5. The van der Waals surface area contributed by atoms with Crippen LogP contribution >= 0.6 is 0 Å². The number of carboxylic acids is 2. The van der Waals surface area contributed by atoms with Crippen LogP contribution in [0.2, 0.25) is 0 Å². The van der Waals surface area contributed by atoms with Gasteiger partial charge >= 0.3 is 11.9 Å². The third-order valence-corrected chi connectivity index (χ3v) is 3.79. The van der Waals surface area contributed by atoms with Crippen molar-refractivity contribution in [1.82, 2.24) is 4.90 Å². The van der Waals surface area contributed by atoms with E-state index in [1.165, 1.54) is 0 Å². The minimum absolute atomic E-state index is 0.296. The molecule has 0 spiro atoms. The number of rotatable bonds is 8. The van der Waals surface area contributed by atoms with Gasteiger partial charge in [-0.3, -0.25) is 14.5 Å². The summed E-state index contributed by atoms with van der Waals surface area (Å²) in [5.74, 6) is -2.28. The molecule has 0 aromatic heterocycles. The van der Waals surface area contributed by atoms with Crippen LogP contribution in [0.15, 0.2) is 24.3 Å². The molecule has 1 heterocycles. The van der Waals surface area contributed by atoms with Crippen molar-refractivity contribution in [2.75, 3.05) is 32.0 Å². The molecule has 2 atom stereocenters. The Morgan fingerprint density at radius 2 is 2.21 bits per heavy atom. The fourth-order valence-corrected chi connectivity index (χ4v) is 2.66. The van der Waals surface area contributed by atoms with Gasteiger partial charge in [0.2, 0.25) is 0 Å².